The average molecular weight is 499 g/mol. The van der Waals surface area contributed by atoms with Crippen molar-refractivity contribution in [2.75, 3.05) is 13.1 Å². The first-order valence-electron chi connectivity index (χ1n) is 11.8. The van der Waals surface area contributed by atoms with E-state index < -0.39 is 11.6 Å². The first-order valence-corrected chi connectivity index (χ1v) is 11.8. The maximum Gasteiger partial charge on any atom is 0.274 e. The van der Waals surface area contributed by atoms with Crippen molar-refractivity contribution in [3.8, 4) is 0 Å². The van der Waals surface area contributed by atoms with Gasteiger partial charge in [-0.25, -0.2) is 18.2 Å². The van der Waals surface area contributed by atoms with Gasteiger partial charge in [-0.2, -0.15) is 0 Å². The van der Waals surface area contributed by atoms with Crippen LogP contribution >= 0.6 is 0 Å². The highest BCUT2D eigenvalue weighted by Gasteiger charge is 2.32. The summed E-state index contributed by atoms with van der Waals surface area (Å²) < 4.78 is 47.7. The number of carbonyl (C=O) groups excluding carboxylic acids is 2. The van der Waals surface area contributed by atoms with Crippen LogP contribution in [0.25, 0.3) is 0 Å². The number of benzene rings is 2. The molecule has 0 saturated carbocycles. The molecule has 0 bridgehead atoms. The van der Waals surface area contributed by atoms with Crippen LogP contribution in [0.3, 0.4) is 0 Å². The third-order valence-corrected chi connectivity index (χ3v) is 6.72. The smallest absolute Gasteiger partial charge is 0.274 e. The van der Waals surface area contributed by atoms with Crippen molar-refractivity contribution in [2.24, 2.45) is 5.92 Å². The summed E-state index contributed by atoms with van der Waals surface area (Å²) in [6.07, 6.45) is 2.33. The fraction of sp³-hybridized carbons (Fsp3) is 0.346. The maximum atomic E-state index is 13.3. The number of hydrogen-bond donors (Lipinski definition) is 1. The van der Waals surface area contributed by atoms with E-state index in [1.54, 1.807) is 23.4 Å². The Bertz CT molecular complexity index is 1250. The SMILES string of the molecule is O=C(NCc1cc(F)cc(F)c1)C1CCN(C(=O)c2ncn3c2CO[C@@H](c2ccc(F)cc2)C3)CC1. The fourth-order valence-electron chi connectivity index (χ4n) is 4.73. The summed E-state index contributed by atoms with van der Waals surface area (Å²) >= 11 is 0. The molecule has 2 aliphatic heterocycles. The van der Waals surface area contributed by atoms with Crippen LogP contribution in [0.4, 0.5) is 13.2 Å². The molecule has 3 heterocycles. The summed E-state index contributed by atoms with van der Waals surface area (Å²) in [4.78, 5) is 31.7. The van der Waals surface area contributed by atoms with Gasteiger partial charge in [0.05, 0.1) is 25.2 Å². The van der Waals surface area contributed by atoms with E-state index in [0.29, 0.717) is 49.4 Å². The van der Waals surface area contributed by atoms with E-state index in [2.05, 4.69) is 10.3 Å². The molecule has 1 N–H and O–H groups in total. The summed E-state index contributed by atoms with van der Waals surface area (Å²) in [5, 5.41) is 2.73. The van der Waals surface area contributed by atoms with Gasteiger partial charge in [-0.1, -0.05) is 12.1 Å². The Kier molecular flexibility index (Phi) is 6.77. The van der Waals surface area contributed by atoms with Crippen LogP contribution in [0.15, 0.2) is 48.8 Å². The first kappa shape index (κ1) is 24.1. The van der Waals surface area contributed by atoms with Crippen LogP contribution in [0.2, 0.25) is 0 Å². The van der Waals surface area contributed by atoms with Crippen LogP contribution < -0.4 is 5.32 Å². The number of amides is 2. The number of ether oxygens (including phenoxy) is 1. The molecular formula is C26H25F3N4O3. The molecule has 188 valence electrons. The third-order valence-electron chi connectivity index (χ3n) is 6.72. The van der Waals surface area contributed by atoms with Crippen LogP contribution in [0, 0.1) is 23.4 Å². The van der Waals surface area contributed by atoms with Crippen molar-refractivity contribution >= 4 is 11.8 Å². The third kappa shape index (κ3) is 5.13. The molecule has 1 atom stereocenters. The zero-order chi connectivity index (χ0) is 25.2. The second-order valence-electron chi connectivity index (χ2n) is 9.11. The second-order valence-corrected chi connectivity index (χ2v) is 9.11. The Labute approximate surface area is 205 Å². The molecule has 36 heavy (non-hydrogen) atoms. The van der Waals surface area contributed by atoms with Crippen molar-refractivity contribution in [1.82, 2.24) is 19.8 Å². The van der Waals surface area contributed by atoms with Crippen molar-refractivity contribution in [1.29, 1.82) is 0 Å². The van der Waals surface area contributed by atoms with Crippen LogP contribution in [-0.4, -0.2) is 39.4 Å². The standard InChI is InChI=1S/C26H25F3N4O3/c27-19-3-1-17(2-4-19)23-13-33-15-31-24(22(33)14-36-23)26(35)32-7-5-18(6-8-32)25(34)30-12-16-9-20(28)11-21(29)10-16/h1-4,9-11,15,18,23H,5-8,12-14H2,(H,30,34)/t23-/m1/s1. The summed E-state index contributed by atoms with van der Waals surface area (Å²) in [6.45, 7) is 1.52. The minimum Gasteiger partial charge on any atom is -0.365 e. The molecular weight excluding hydrogens is 473 g/mol. The van der Waals surface area contributed by atoms with Crippen molar-refractivity contribution in [3.63, 3.8) is 0 Å². The lowest BCUT2D eigenvalue weighted by molar-refractivity contribution is -0.126. The average Bonchev–Trinajstić information content (AvgIpc) is 3.30. The first-order chi connectivity index (χ1) is 17.4. The number of imidazole rings is 1. The molecule has 5 rings (SSSR count). The lowest BCUT2D eigenvalue weighted by atomic mass is 9.95. The summed E-state index contributed by atoms with van der Waals surface area (Å²) in [6, 6.07) is 9.30. The molecule has 0 unspecified atom stereocenters. The quantitative estimate of drug-likeness (QED) is 0.582. The van der Waals surface area contributed by atoms with Gasteiger partial charge in [0.15, 0.2) is 5.69 Å². The van der Waals surface area contributed by atoms with E-state index in [0.717, 1.165) is 11.6 Å². The minimum absolute atomic E-state index is 0.0341. The second kappa shape index (κ2) is 10.1. The number of carbonyl (C=O) groups is 2. The highest BCUT2D eigenvalue weighted by atomic mass is 19.1. The Morgan fingerprint density at radius 2 is 1.69 bits per heavy atom. The number of nitrogens with zero attached hydrogens (tertiary/aromatic N) is 3. The molecule has 1 fully saturated rings. The molecule has 2 aromatic carbocycles. The van der Waals surface area contributed by atoms with E-state index in [1.165, 1.54) is 24.3 Å². The van der Waals surface area contributed by atoms with Crippen molar-refractivity contribution in [2.45, 2.75) is 38.6 Å². The molecule has 1 saturated heterocycles. The molecule has 3 aromatic rings. The van der Waals surface area contributed by atoms with Gasteiger partial charge < -0.3 is 19.5 Å². The zero-order valence-electron chi connectivity index (χ0n) is 19.4. The van der Waals surface area contributed by atoms with Crippen molar-refractivity contribution in [3.05, 3.63) is 88.8 Å². The largest absolute Gasteiger partial charge is 0.365 e. The van der Waals surface area contributed by atoms with Gasteiger partial charge in [0.25, 0.3) is 5.91 Å². The van der Waals surface area contributed by atoms with Crippen LogP contribution in [0.5, 0.6) is 0 Å². The summed E-state index contributed by atoms with van der Waals surface area (Å²) in [7, 11) is 0. The number of likely N-dealkylation sites (tertiary alicyclic amines) is 1. The summed E-state index contributed by atoms with van der Waals surface area (Å²) in [5.74, 6) is -2.39. The van der Waals surface area contributed by atoms with Crippen LogP contribution in [-0.2, 0) is 29.2 Å². The number of nitrogens with one attached hydrogen (secondary N) is 1. The topological polar surface area (TPSA) is 76.5 Å². The van der Waals surface area contributed by atoms with E-state index in [9.17, 15) is 22.8 Å². The molecule has 2 aliphatic rings. The molecule has 0 radical (unpaired) electrons. The van der Waals surface area contributed by atoms with Gasteiger partial charge in [-0.3, -0.25) is 9.59 Å². The Morgan fingerprint density at radius 3 is 2.39 bits per heavy atom. The summed E-state index contributed by atoms with van der Waals surface area (Å²) in [5.41, 5.74) is 2.23. The molecule has 0 spiro atoms. The molecule has 0 aliphatic carbocycles. The minimum atomic E-state index is -0.691. The van der Waals surface area contributed by atoms with Gasteiger partial charge in [0, 0.05) is 31.6 Å². The van der Waals surface area contributed by atoms with E-state index >= 15 is 0 Å². The fourth-order valence-corrected chi connectivity index (χ4v) is 4.73. The Morgan fingerprint density at radius 1 is 1.00 bits per heavy atom. The van der Waals surface area contributed by atoms with Crippen molar-refractivity contribution < 1.29 is 27.5 Å². The molecule has 2 amide bonds. The highest BCUT2D eigenvalue weighted by molar-refractivity contribution is 5.93. The predicted molar refractivity (Wildman–Crippen MR) is 123 cm³/mol. The normalized spacial score (nSPS) is 18.1. The number of halogens is 3. The van der Waals surface area contributed by atoms with E-state index in [4.69, 9.17) is 4.74 Å². The van der Waals surface area contributed by atoms with E-state index in [1.807, 2.05) is 4.57 Å². The molecule has 1 aromatic heterocycles. The highest BCUT2D eigenvalue weighted by Crippen LogP contribution is 2.29. The lowest BCUT2D eigenvalue weighted by Crippen LogP contribution is -2.43. The zero-order valence-corrected chi connectivity index (χ0v) is 19.4. The van der Waals surface area contributed by atoms with Crippen LogP contribution in [0.1, 0.15) is 46.3 Å². The number of piperidine rings is 1. The van der Waals surface area contributed by atoms with Gasteiger partial charge >= 0.3 is 0 Å². The van der Waals surface area contributed by atoms with E-state index in [-0.39, 0.29) is 42.8 Å². The number of hydrogen-bond acceptors (Lipinski definition) is 4. The maximum absolute atomic E-state index is 13.3. The molecule has 10 heteroatoms. The number of aromatic nitrogens is 2. The lowest BCUT2D eigenvalue weighted by Gasteiger charge is -2.31. The Hall–Kier alpha value is -3.66. The van der Waals surface area contributed by atoms with Gasteiger partial charge in [-0.15, -0.1) is 0 Å². The monoisotopic (exact) mass is 498 g/mol. The Balaban J connectivity index is 1.15. The number of rotatable bonds is 5. The number of fused-ring (bicyclic) bond motifs is 1. The predicted octanol–water partition coefficient (Wildman–Crippen LogP) is 3.74. The van der Waals surface area contributed by atoms with Gasteiger partial charge in [0.2, 0.25) is 5.91 Å². The molecule has 7 nitrogen and oxygen atoms in total. The van der Waals surface area contributed by atoms with Gasteiger partial charge in [0.1, 0.15) is 23.6 Å². The van der Waals surface area contributed by atoms with Gasteiger partial charge in [-0.05, 0) is 48.2 Å².